The minimum Gasteiger partial charge on any atom is -0.395 e. The molecule has 20 heavy (non-hydrogen) atoms. The Morgan fingerprint density at radius 1 is 1.45 bits per heavy atom. The third-order valence-corrected chi connectivity index (χ3v) is 3.43. The maximum Gasteiger partial charge on any atom is 0.277 e. The third kappa shape index (κ3) is 2.54. The molecule has 0 spiro atoms. The molecule has 1 amide bonds. The van der Waals surface area contributed by atoms with E-state index in [-0.39, 0.29) is 21.7 Å². The van der Waals surface area contributed by atoms with Crippen LogP contribution in [0.3, 0.4) is 0 Å². The van der Waals surface area contributed by atoms with Gasteiger partial charge in [-0.15, -0.1) is 0 Å². The van der Waals surface area contributed by atoms with Crippen molar-refractivity contribution < 1.29 is 4.79 Å². The van der Waals surface area contributed by atoms with E-state index in [4.69, 9.17) is 28.9 Å². The van der Waals surface area contributed by atoms with Gasteiger partial charge in [-0.05, 0) is 6.42 Å². The van der Waals surface area contributed by atoms with Crippen molar-refractivity contribution in [2.75, 3.05) is 11.1 Å². The van der Waals surface area contributed by atoms with Crippen LogP contribution in [0.25, 0.3) is 0 Å². The van der Waals surface area contributed by atoms with Crippen LogP contribution in [0, 0.1) is 0 Å². The van der Waals surface area contributed by atoms with Gasteiger partial charge in [0, 0.05) is 7.05 Å². The molecule has 2 rings (SSSR count). The van der Waals surface area contributed by atoms with Crippen molar-refractivity contribution in [2.24, 2.45) is 7.05 Å². The zero-order chi connectivity index (χ0) is 14.9. The Kier molecular flexibility index (Phi) is 4.10. The Bertz CT molecular complexity index is 669. The summed E-state index contributed by atoms with van der Waals surface area (Å²) in [7, 11) is 1.64. The molecule has 3 N–H and O–H groups in total. The van der Waals surface area contributed by atoms with Gasteiger partial charge in [0.05, 0.1) is 11.4 Å². The Hall–Kier alpha value is -1.86. The van der Waals surface area contributed by atoms with Crippen molar-refractivity contribution in [3.05, 3.63) is 27.9 Å². The lowest BCUT2D eigenvalue weighted by Crippen LogP contribution is -2.18. The molecule has 2 aromatic heterocycles. The van der Waals surface area contributed by atoms with Crippen LogP contribution in [0.1, 0.15) is 23.1 Å². The summed E-state index contributed by atoms with van der Waals surface area (Å²) in [6.07, 6.45) is 1.83. The topological polar surface area (TPSA) is 98.7 Å². The molecule has 0 bridgehead atoms. The summed E-state index contributed by atoms with van der Waals surface area (Å²) in [4.78, 5) is 19.8. The molecule has 0 fully saturated rings. The van der Waals surface area contributed by atoms with Gasteiger partial charge in [-0.3, -0.25) is 9.48 Å². The van der Waals surface area contributed by atoms with Crippen LogP contribution >= 0.6 is 23.2 Å². The number of anilines is 2. The van der Waals surface area contributed by atoms with Gasteiger partial charge in [0.1, 0.15) is 17.0 Å². The van der Waals surface area contributed by atoms with E-state index in [1.165, 1.54) is 11.0 Å². The number of amides is 1. The first-order valence-electron chi connectivity index (χ1n) is 5.74. The predicted octanol–water partition coefficient (Wildman–Crippen LogP) is 1.91. The fraction of sp³-hybridized carbons (Fsp3) is 0.273. The highest BCUT2D eigenvalue weighted by Gasteiger charge is 2.20. The normalized spacial score (nSPS) is 10.6. The van der Waals surface area contributed by atoms with E-state index >= 15 is 0 Å². The van der Waals surface area contributed by atoms with Crippen LogP contribution in [0.4, 0.5) is 11.5 Å². The molecular formula is C11H12Cl2N6O. The summed E-state index contributed by atoms with van der Waals surface area (Å²) in [5.74, 6) is -0.343. The molecule has 0 aliphatic heterocycles. The largest absolute Gasteiger partial charge is 0.395 e. The standard InChI is InChI=1S/C11H12Cl2N6O/c1-3-5-7(14)8(19(2)18-5)11(20)17-10-6(12)9(13)15-4-16-10/h4H,3,14H2,1-2H3,(H,15,16,17,20). The monoisotopic (exact) mass is 314 g/mol. The quantitative estimate of drug-likeness (QED) is 0.843. The van der Waals surface area contributed by atoms with Crippen LogP contribution in [0.2, 0.25) is 10.2 Å². The number of halogens is 2. The summed E-state index contributed by atoms with van der Waals surface area (Å²) >= 11 is 11.7. The number of nitrogens with zero attached hydrogens (tertiary/aromatic N) is 4. The Labute approximate surface area is 125 Å². The number of rotatable bonds is 3. The third-order valence-electron chi connectivity index (χ3n) is 2.69. The number of hydrogen-bond donors (Lipinski definition) is 2. The molecule has 0 saturated heterocycles. The SMILES string of the molecule is CCc1nn(C)c(C(=O)Nc2ncnc(Cl)c2Cl)c1N. The first-order chi connectivity index (χ1) is 9.45. The zero-order valence-corrected chi connectivity index (χ0v) is 12.3. The molecule has 0 aromatic carbocycles. The second-order valence-electron chi connectivity index (χ2n) is 3.97. The molecule has 9 heteroatoms. The van der Waals surface area contributed by atoms with Gasteiger partial charge in [0.15, 0.2) is 11.0 Å². The number of carbonyl (C=O) groups is 1. The lowest BCUT2D eigenvalue weighted by molar-refractivity contribution is 0.101. The minimum atomic E-state index is -0.464. The van der Waals surface area contributed by atoms with Crippen molar-refractivity contribution in [3.8, 4) is 0 Å². The first kappa shape index (κ1) is 14.5. The van der Waals surface area contributed by atoms with Crippen molar-refractivity contribution in [2.45, 2.75) is 13.3 Å². The average Bonchev–Trinajstić information content (AvgIpc) is 2.69. The number of nitrogens with two attached hydrogens (primary N) is 1. The maximum atomic E-state index is 12.2. The predicted molar refractivity (Wildman–Crippen MR) is 77.0 cm³/mol. The van der Waals surface area contributed by atoms with E-state index in [1.54, 1.807) is 7.05 Å². The molecular weight excluding hydrogens is 303 g/mol. The molecule has 0 aliphatic rings. The van der Waals surface area contributed by atoms with Gasteiger partial charge < -0.3 is 11.1 Å². The van der Waals surface area contributed by atoms with Crippen LogP contribution in [0.5, 0.6) is 0 Å². The molecule has 0 unspecified atom stereocenters. The Balaban J connectivity index is 2.33. The summed E-state index contributed by atoms with van der Waals surface area (Å²) in [5.41, 5.74) is 7.14. The summed E-state index contributed by atoms with van der Waals surface area (Å²) < 4.78 is 1.42. The van der Waals surface area contributed by atoms with Gasteiger partial charge in [-0.25, -0.2) is 9.97 Å². The van der Waals surface area contributed by atoms with E-state index in [1.807, 2.05) is 6.92 Å². The highest BCUT2D eigenvalue weighted by Crippen LogP contribution is 2.26. The van der Waals surface area contributed by atoms with Crippen LogP contribution in [0.15, 0.2) is 6.33 Å². The number of nitrogen functional groups attached to an aromatic ring is 1. The van der Waals surface area contributed by atoms with Crippen molar-refractivity contribution >= 4 is 40.6 Å². The molecule has 7 nitrogen and oxygen atoms in total. The highest BCUT2D eigenvalue weighted by atomic mass is 35.5. The molecule has 0 radical (unpaired) electrons. The Morgan fingerprint density at radius 2 is 2.15 bits per heavy atom. The van der Waals surface area contributed by atoms with Crippen LogP contribution < -0.4 is 11.1 Å². The second-order valence-corrected chi connectivity index (χ2v) is 4.70. The smallest absolute Gasteiger partial charge is 0.277 e. The van der Waals surface area contributed by atoms with Gasteiger partial charge in [-0.1, -0.05) is 30.1 Å². The van der Waals surface area contributed by atoms with E-state index in [2.05, 4.69) is 20.4 Å². The van der Waals surface area contributed by atoms with Gasteiger partial charge in [0.2, 0.25) is 0 Å². The number of nitrogens with one attached hydrogen (secondary N) is 1. The molecule has 0 aliphatic carbocycles. The number of carbonyl (C=O) groups excluding carboxylic acids is 1. The summed E-state index contributed by atoms with van der Waals surface area (Å²) in [5, 5.41) is 6.84. The minimum absolute atomic E-state index is 0.0594. The van der Waals surface area contributed by atoms with E-state index in [0.717, 1.165) is 0 Å². The zero-order valence-electron chi connectivity index (χ0n) is 10.8. The van der Waals surface area contributed by atoms with E-state index in [0.29, 0.717) is 17.8 Å². The lowest BCUT2D eigenvalue weighted by Gasteiger charge is -2.07. The van der Waals surface area contributed by atoms with Crippen molar-refractivity contribution in [3.63, 3.8) is 0 Å². The number of aromatic nitrogens is 4. The molecule has 106 valence electrons. The first-order valence-corrected chi connectivity index (χ1v) is 6.50. The number of hydrogen-bond acceptors (Lipinski definition) is 5. The fourth-order valence-corrected chi connectivity index (χ4v) is 2.01. The second kappa shape index (κ2) is 5.64. The fourth-order valence-electron chi connectivity index (χ4n) is 1.73. The average molecular weight is 315 g/mol. The molecule has 0 atom stereocenters. The van der Waals surface area contributed by atoms with E-state index in [9.17, 15) is 4.79 Å². The van der Waals surface area contributed by atoms with Gasteiger partial charge >= 0.3 is 0 Å². The molecule has 2 heterocycles. The lowest BCUT2D eigenvalue weighted by atomic mass is 10.2. The summed E-state index contributed by atoms with van der Waals surface area (Å²) in [6, 6.07) is 0. The van der Waals surface area contributed by atoms with Gasteiger partial charge in [0.25, 0.3) is 5.91 Å². The maximum absolute atomic E-state index is 12.2. The number of aryl methyl sites for hydroxylation is 2. The molecule has 0 saturated carbocycles. The van der Waals surface area contributed by atoms with Crippen LogP contribution in [-0.4, -0.2) is 25.7 Å². The van der Waals surface area contributed by atoms with E-state index < -0.39 is 5.91 Å². The van der Waals surface area contributed by atoms with Crippen molar-refractivity contribution in [1.29, 1.82) is 0 Å². The van der Waals surface area contributed by atoms with Gasteiger partial charge in [-0.2, -0.15) is 5.10 Å². The van der Waals surface area contributed by atoms with Crippen LogP contribution in [-0.2, 0) is 13.5 Å². The molecule has 2 aromatic rings. The highest BCUT2D eigenvalue weighted by molar-refractivity contribution is 6.43. The Morgan fingerprint density at radius 3 is 2.75 bits per heavy atom. The summed E-state index contributed by atoms with van der Waals surface area (Å²) in [6.45, 7) is 1.90. The van der Waals surface area contributed by atoms with Crippen molar-refractivity contribution in [1.82, 2.24) is 19.7 Å².